The number of hydrogen-bond acceptors (Lipinski definition) is 1. The van der Waals surface area contributed by atoms with Crippen LogP contribution >= 0.6 is 0 Å². The molecule has 0 saturated carbocycles. The Hall–Kier alpha value is -7.03. The molecular weight excluding hydrogens is 665 g/mol. The van der Waals surface area contributed by atoms with E-state index < -0.39 is 0 Å². The minimum atomic E-state index is 0.442. The van der Waals surface area contributed by atoms with E-state index in [0.29, 0.717) is 5.92 Å². The Labute approximate surface area is 320 Å². The summed E-state index contributed by atoms with van der Waals surface area (Å²) in [6, 6.07) is 59.5. The van der Waals surface area contributed by atoms with E-state index in [0.717, 1.165) is 40.1 Å². The number of allylic oxidation sites excluding steroid dienone is 8. The lowest BCUT2D eigenvalue weighted by Gasteiger charge is -2.24. The molecule has 2 nitrogen and oxygen atoms in total. The molecule has 0 N–H and O–H groups in total. The first kappa shape index (κ1) is 31.5. The Morgan fingerprint density at radius 2 is 1.24 bits per heavy atom. The molecule has 11 rings (SSSR count). The number of rotatable bonds is 5. The van der Waals surface area contributed by atoms with Crippen molar-refractivity contribution in [1.82, 2.24) is 9.55 Å². The topological polar surface area (TPSA) is 17.8 Å². The third-order valence-electron chi connectivity index (χ3n) is 11.5. The number of fused-ring (bicyclic) bond motifs is 5. The molecule has 2 heteroatoms. The van der Waals surface area contributed by atoms with Crippen LogP contribution in [0.2, 0.25) is 0 Å². The summed E-state index contributed by atoms with van der Waals surface area (Å²) < 4.78 is 2.28. The zero-order chi connectivity index (χ0) is 36.3. The predicted octanol–water partition coefficient (Wildman–Crippen LogP) is 13.9. The molecule has 9 aromatic rings. The maximum atomic E-state index is 5.19. The first-order chi connectivity index (χ1) is 27.3. The van der Waals surface area contributed by atoms with Gasteiger partial charge in [0.2, 0.25) is 0 Å². The van der Waals surface area contributed by atoms with E-state index in [1.807, 2.05) is 0 Å². The Morgan fingerprint density at radius 3 is 2.15 bits per heavy atom. The third kappa shape index (κ3) is 5.29. The van der Waals surface area contributed by atoms with Gasteiger partial charge < -0.3 is 0 Å². The van der Waals surface area contributed by atoms with Crippen molar-refractivity contribution in [2.45, 2.75) is 6.42 Å². The smallest absolute Gasteiger partial charge is 0.145 e. The van der Waals surface area contributed by atoms with Crippen LogP contribution in [-0.2, 0) is 0 Å². The molecule has 0 fully saturated rings. The third-order valence-corrected chi connectivity index (χ3v) is 11.5. The fourth-order valence-corrected chi connectivity index (χ4v) is 8.86. The van der Waals surface area contributed by atoms with Gasteiger partial charge in [0, 0.05) is 17.2 Å². The molecule has 0 saturated heterocycles. The first-order valence-electron chi connectivity index (χ1n) is 19.2. The first-order valence-corrected chi connectivity index (χ1v) is 19.2. The molecule has 1 unspecified atom stereocenters. The van der Waals surface area contributed by atoms with Gasteiger partial charge in [0.05, 0.1) is 11.0 Å². The Bertz CT molecular complexity index is 3120. The molecule has 55 heavy (non-hydrogen) atoms. The highest BCUT2D eigenvalue weighted by Gasteiger charge is 2.22. The van der Waals surface area contributed by atoms with Crippen molar-refractivity contribution < 1.29 is 0 Å². The zero-order valence-corrected chi connectivity index (χ0v) is 30.2. The van der Waals surface area contributed by atoms with E-state index in [-0.39, 0.29) is 0 Å². The van der Waals surface area contributed by atoms with E-state index in [2.05, 4.69) is 205 Å². The second-order valence-electron chi connectivity index (χ2n) is 14.7. The summed E-state index contributed by atoms with van der Waals surface area (Å²) in [4.78, 5) is 5.19. The number of nitrogens with zero attached hydrogens (tertiary/aromatic N) is 2. The van der Waals surface area contributed by atoms with Crippen molar-refractivity contribution in [2.75, 3.05) is 0 Å². The number of imidazole rings is 1. The minimum absolute atomic E-state index is 0.442. The van der Waals surface area contributed by atoms with E-state index in [1.165, 1.54) is 65.7 Å². The molecule has 2 aliphatic carbocycles. The number of aromatic nitrogens is 2. The van der Waals surface area contributed by atoms with Crippen LogP contribution in [0.1, 0.15) is 12.0 Å². The van der Waals surface area contributed by atoms with Crippen LogP contribution in [0.5, 0.6) is 0 Å². The van der Waals surface area contributed by atoms with Crippen LogP contribution < -0.4 is 0 Å². The van der Waals surface area contributed by atoms with E-state index >= 15 is 0 Å². The van der Waals surface area contributed by atoms with Crippen LogP contribution in [0.15, 0.2) is 206 Å². The van der Waals surface area contributed by atoms with Crippen molar-refractivity contribution in [2.24, 2.45) is 5.92 Å². The summed E-state index contributed by atoms with van der Waals surface area (Å²) in [7, 11) is 0. The maximum Gasteiger partial charge on any atom is 0.145 e. The SMILES string of the molecule is C1=CC2=CC(c3c4ccccc4c(-c4ccc5ccccc5c4)c4cc(-c5cccc(-c6nc7ccccc7n6-c6ccccc6)c5)ccc34)=CCC2C=C1. The second kappa shape index (κ2) is 12.8. The molecule has 1 heterocycles. The lowest BCUT2D eigenvalue weighted by molar-refractivity contribution is 0.783. The fourth-order valence-electron chi connectivity index (χ4n) is 8.86. The van der Waals surface area contributed by atoms with Gasteiger partial charge in [0.25, 0.3) is 0 Å². The van der Waals surface area contributed by atoms with Gasteiger partial charge in [-0.1, -0.05) is 158 Å². The monoisotopic (exact) mass is 700 g/mol. The molecule has 1 aromatic heterocycles. The molecule has 0 bridgehead atoms. The standard InChI is InChI=1S/C53H36N2/c1-2-19-44(20-3-1)55-50-24-11-10-23-49(50)54-53(55)43-18-12-17-39(33-43)40-29-30-47-48(34-40)52(42-28-26-36-14-5-7-16-38(36)32-42)46-22-9-8-21-45(46)51(47)41-27-25-35-13-4-6-15-37(35)31-41/h1-24,26-35H,25H2. The van der Waals surface area contributed by atoms with Crippen LogP contribution in [0.4, 0.5) is 0 Å². The molecule has 0 amide bonds. The number of hydrogen-bond donors (Lipinski definition) is 0. The second-order valence-corrected chi connectivity index (χ2v) is 14.7. The fraction of sp³-hybridized carbons (Fsp3) is 0.0377. The molecule has 0 radical (unpaired) electrons. The van der Waals surface area contributed by atoms with Gasteiger partial charge in [-0.25, -0.2) is 4.98 Å². The lowest BCUT2D eigenvalue weighted by Crippen LogP contribution is -2.06. The predicted molar refractivity (Wildman–Crippen MR) is 232 cm³/mol. The quantitative estimate of drug-likeness (QED) is 0.163. The normalized spacial score (nSPS) is 15.1. The van der Waals surface area contributed by atoms with Gasteiger partial charge in [-0.3, -0.25) is 4.57 Å². The lowest BCUT2D eigenvalue weighted by atomic mass is 9.80. The molecule has 1 atom stereocenters. The zero-order valence-electron chi connectivity index (χ0n) is 30.2. The van der Waals surface area contributed by atoms with E-state index in [1.54, 1.807) is 0 Å². The van der Waals surface area contributed by atoms with Gasteiger partial charge in [-0.2, -0.15) is 0 Å². The molecular formula is C53H36N2. The summed E-state index contributed by atoms with van der Waals surface area (Å²) in [5, 5.41) is 7.56. The van der Waals surface area contributed by atoms with Crippen LogP contribution in [0.3, 0.4) is 0 Å². The molecule has 0 spiro atoms. The van der Waals surface area contributed by atoms with E-state index in [4.69, 9.17) is 4.98 Å². The van der Waals surface area contributed by atoms with E-state index in [9.17, 15) is 0 Å². The maximum absolute atomic E-state index is 5.19. The van der Waals surface area contributed by atoms with Gasteiger partial charge in [0.1, 0.15) is 5.82 Å². The van der Waals surface area contributed by atoms with Gasteiger partial charge in [0.15, 0.2) is 0 Å². The summed E-state index contributed by atoms with van der Waals surface area (Å²) >= 11 is 0. The average Bonchev–Trinajstić information content (AvgIpc) is 3.65. The highest BCUT2D eigenvalue weighted by atomic mass is 15.1. The summed E-state index contributed by atoms with van der Waals surface area (Å²) in [6.45, 7) is 0. The van der Waals surface area contributed by atoms with Crippen LogP contribution in [0, 0.1) is 5.92 Å². The van der Waals surface area contributed by atoms with Crippen LogP contribution in [0.25, 0.3) is 88.3 Å². The van der Waals surface area contributed by atoms with Gasteiger partial charge in [-0.05, 0) is 120 Å². The molecule has 2 aliphatic rings. The molecule has 258 valence electrons. The Morgan fingerprint density at radius 1 is 0.509 bits per heavy atom. The minimum Gasteiger partial charge on any atom is -0.292 e. The highest BCUT2D eigenvalue weighted by Crippen LogP contribution is 2.46. The number of para-hydroxylation sites is 3. The van der Waals surface area contributed by atoms with Crippen LogP contribution in [-0.4, -0.2) is 9.55 Å². The van der Waals surface area contributed by atoms with Crippen molar-refractivity contribution in [3.8, 4) is 39.3 Å². The van der Waals surface area contributed by atoms with Crippen molar-refractivity contribution in [1.29, 1.82) is 0 Å². The van der Waals surface area contributed by atoms with Gasteiger partial charge >= 0.3 is 0 Å². The molecule has 0 aliphatic heterocycles. The Balaban J connectivity index is 1.15. The van der Waals surface area contributed by atoms with Crippen molar-refractivity contribution in [3.63, 3.8) is 0 Å². The average molecular weight is 701 g/mol. The molecule has 8 aromatic carbocycles. The summed E-state index contributed by atoms with van der Waals surface area (Å²) in [5.41, 5.74) is 13.1. The summed E-state index contributed by atoms with van der Waals surface area (Å²) in [5.74, 6) is 1.37. The van der Waals surface area contributed by atoms with Crippen molar-refractivity contribution >= 4 is 48.9 Å². The largest absolute Gasteiger partial charge is 0.292 e. The highest BCUT2D eigenvalue weighted by molar-refractivity contribution is 6.20. The van der Waals surface area contributed by atoms with Crippen molar-refractivity contribution in [3.05, 3.63) is 211 Å². The van der Waals surface area contributed by atoms with Gasteiger partial charge in [-0.15, -0.1) is 0 Å². The summed E-state index contributed by atoms with van der Waals surface area (Å²) in [6.07, 6.45) is 14.8. The Kier molecular flexibility index (Phi) is 7.34. The number of benzene rings is 8.